The van der Waals surface area contributed by atoms with E-state index < -0.39 is 60.3 Å². The Morgan fingerprint density at radius 1 is 1.08 bits per heavy atom. The van der Waals surface area contributed by atoms with Crippen LogP contribution < -0.4 is 20.1 Å². The molecule has 1 aromatic heterocycles. The zero-order valence-electron chi connectivity index (χ0n) is 29.9. The molecule has 3 fully saturated rings. The van der Waals surface area contributed by atoms with E-state index in [9.17, 15) is 28.7 Å². The molecule has 2 aromatic carbocycles. The van der Waals surface area contributed by atoms with Crippen LogP contribution in [0.5, 0.6) is 11.5 Å². The van der Waals surface area contributed by atoms with Gasteiger partial charge in [0.2, 0.25) is 11.8 Å². The van der Waals surface area contributed by atoms with Crippen molar-refractivity contribution in [3.05, 3.63) is 67.3 Å². The standard InChI is InChI=1S/C38H47N4O9P/c1-6-24-21-38(24,52(46,47)48)41-34(43)31-19-27(22-42(31)35(44)33(37(2,3)4)40-36(45)51-25-14-10-11-15-25)50-32-20-29(23-12-8-7-9-13-23)39-30-18-26(49-5)16-17-28(30)32/h6-9,12-13,16-18,20,24-25,27,31,33H,1,10-11,14-15,19,21-22H2,2-5H3,(H,40,45)(H,41,43)(H2,46,47,48)/t24?,27-,31+,33-,38?/m1/s1. The van der Waals surface area contributed by atoms with Crippen LogP contribution in [0.4, 0.5) is 4.79 Å². The van der Waals surface area contributed by atoms with Gasteiger partial charge in [-0.05, 0) is 49.7 Å². The molecular formula is C38H47N4O9P. The van der Waals surface area contributed by atoms with Gasteiger partial charge in [0.1, 0.15) is 41.1 Å². The van der Waals surface area contributed by atoms with Crippen molar-refractivity contribution in [3.63, 3.8) is 0 Å². The normalized spacial score (nSPS) is 23.9. The lowest BCUT2D eigenvalue weighted by atomic mass is 9.85. The molecule has 6 rings (SSSR count). The number of likely N-dealkylation sites (tertiary alicyclic amines) is 1. The molecule has 3 aromatic rings. The van der Waals surface area contributed by atoms with Gasteiger partial charge in [-0.15, -0.1) is 6.58 Å². The van der Waals surface area contributed by atoms with Crippen LogP contribution in [0.25, 0.3) is 22.2 Å². The van der Waals surface area contributed by atoms with Crippen LogP contribution in [0.1, 0.15) is 59.3 Å². The van der Waals surface area contributed by atoms with Crippen LogP contribution in [-0.4, -0.2) is 80.8 Å². The second-order valence-electron chi connectivity index (χ2n) is 15.0. The summed E-state index contributed by atoms with van der Waals surface area (Å²) in [5.41, 5.74) is 1.31. The predicted molar refractivity (Wildman–Crippen MR) is 195 cm³/mol. The molecule has 0 bridgehead atoms. The Balaban J connectivity index is 1.33. The van der Waals surface area contributed by atoms with Gasteiger partial charge in [0.15, 0.2) is 0 Å². The van der Waals surface area contributed by atoms with Gasteiger partial charge in [0.05, 0.1) is 24.9 Å². The highest BCUT2D eigenvalue weighted by atomic mass is 31.2. The highest BCUT2D eigenvalue weighted by Crippen LogP contribution is 2.67. The number of fused-ring (bicyclic) bond motifs is 1. The maximum atomic E-state index is 14.5. The Labute approximate surface area is 303 Å². The average molecular weight is 735 g/mol. The molecule has 3 aliphatic rings. The Kier molecular flexibility index (Phi) is 10.4. The number of hydrogen-bond donors (Lipinski definition) is 4. The molecule has 14 heteroatoms. The number of alkyl carbamates (subject to hydrolysis) is 1. The predicted octanol–water partition coefficient (Wildman–Crippen LogP) is 5.54. The topological polar surface area (TPSA) is 177 Å². The van der Waals surface area contributed by atoms with Crippen LogP contribution >= 0.6 is 7.60 Å². The molecule has 0 radical (unpaired) electrons. The van der Waals surface area contributed by atoms with Crippen LogP contribution in [0.3, 0.4) is 0 Å². The molecule has 2 saturated carbocycles. The highest BCUT2D eigenvalue weighted by Gasteiger charge is 2.66. The van der Waals surface area contributed by atoms with Crippen molar-refractivity contribution < 1.29 is 42.9 Å². The lowest BCUT2D eigenvalue weighted by Gasteiger charge is -2.35. The van der Waals surface area contributed by atoms with E-state index in [1.54, 1.807) is 40.0 Å². The molecule has 0 spiro atoms. The van der Waals surface area contributed by atoms with E-state index in [-0.39, 0.29) is 25.5 Å². The molecule has 278 valence electrons. The van der Waals surface area contributed by atoms with Gasteiger partial charge >= 0.3 is 13.7 Å². The Morgan fingerprint density at radius 2 is 1.79 bits per heavy atom. The van der Waals surface area contributed by atoms with E-state index in [1.165, 1.54) is 11.0 Å². The van der Waals surface area contributed by atoms with Gasteiger partial charge in [-0.3, -0.25) is 14.2 Å². The molecule has 4 N–H and O–H groups in total. The number of nitrogens with zero attached hydrogens (tertiary/aromatic N) is 2. The number of pyridine rings is 1. The van der Waals surface area contributed by atoms with Crippen molar-refractivity contribution in [2.75, 3.05) is 13.7 Å². The van der Waals surface area contributed by atoms with Gasteiger partial charge in [-0.1, -0.05) is 57.2 Å². The van der Waals surface area contributed by atoms with E-state index in [1.807, 2.05) is 42.5 Å². The first-order valence-corrected chi connectivity index (χ1v) is 19.2. The number of carbonyl (C=O) groups is 3. The third-order valence-electron chi connectivity index (χ3n) is 10.3. The highest BCUT2D eigenvalue weighted by molar-refractivity contribution is 7.54. The molecule has 1 saturated heterocycles. The Bertz CT molecular complexity index is 1890. The number of hydrogen-bond acceptors (Lipinski definition) is 8. The maximum absolute atomic E-state index is 14.5. The van der Waals surface area contributed by atoms with Crippen molar-refractivity contribution in [1.82, 2.24) is 20.5 Å². The fourth-order valence-corrected chi connectivity index (χ4v) is 8.47. The summed E-state index contributed by atoms with van der Waals surface area (Å²) in [5, 5.41) is 4.24. The SMILES string of the molecule is C=CC1CC1(NC(=O)[C@@H]1C[C@@H](Oc2cc(-c3ccccc3)nc3cc(OC)ccc23)CN1C(=O)[C@@H](NC(=O)OC1CCCC1)C(C)(C)C)P(=O)(O)O. The number of nitrogens with one attached hydrogen (secondary N) is 2. The first-order chi connectivity index (χ1) is 24.6. The summed E-state index contributed by atoms with van der Waals surface area (Å²) >= 11 is 0. The minimum atomic E-state index is -4.81. The van der Waals surface area contributed by atoms with Gasteiger partial charge < -0.3 is 39.5 Å². The maximum Gasteiger partial charge on any atom is 0.408 e. The van der Waals surface area contributed by atoms with Crippen molar-refractivity contribution in [3.8, 4) is 22.8 Å². The van der Waals surface area contributed by atoms with Gasteiger partial charge in [0.25, 0.3) is 0 Å². The zero-order valence-corrected chi connectivity index (χ0v) is 30.8. The summed E-state index contributed by atoms with van der Waals surface area (Å²) in [6.07, 6.45) is 3.20. The van der Waals surface area contributed by atoms with E-state index >= 15 is 0 Å². The number of ether oxygens (including phenoxy) is 3. The number of aromatic nitrogens is 1. The molecule has 13 nitrogen and oxygen atoms in total. The summed E-state index contributed by atoms with van der Waals surface area (Å²) < 4.78 is 30.3. The quantitative estimate of drug-likeness (QED) is 0.145. The minimum Gasteiger partial charge on any atom is -0.497 e. The molecular weight excluding hydrogens is 687 g/mol. The zero-order chi connectivity index (χ0) is 37.4. The summed E-state index contributed by atoms with van der Waals surface area (Å²) in [5.74, 6) is -0.841. The van der Waals surface area contributed by atoms with E-state index in [0.29, 0.717) is 28.1 Å². The van der Waals surface area contributed by atoms with Gasteiger partial charge in [0, 0.05) is 35.4 Å². The number of benzene rings is 2. The fraction of sp³-hybridized carbons (Fsp3) is 0.474. The van der Waals surface area contributed by atoms with Crippen LogP contribution in [-0.2, 0) is 18.9 Å². The molecule has 1 aliphatic heterocycles. The summed E-state index contributed by atoms with van der Waals surface area (Å²) in [6, 6.07) is 14.5. The summed E-state index contributed by atoms with van der Waals surface area (Å²) in [7, 11) is -3.25. The van der Waals surface area contributed by atoms with Crippen molar-refractivity contribution in [1.29, 1.82) is 0 Å². The number of carbonyl (C=O) groups excluding carboxylic acids is 3. The fourth-order valence-electron chi connectivity index (χ4n) is 7.24. The van der Waals surface area contributed by atoms with Crippen LogP contribution in [0.15, 0.2) is 67.3 Å². The second kappa shape index (κ2) is 14.5. The number of rotatable bonds is 11. The van der Waals surface area contributed by atoms with Crippen molar-refractivity contribution in [2.24, 2.45) is 11.3 Å². The molecule has 2 heterocycles. The molecule has 2 unspecified atom stereocenters. The number of amides is 3. The first-order valence-electron chi connectivity index (χ1n) is 17.6. The van der Waals surface area contributed by atoms with E-state index in [2.05, 4.69) is 17.2 Å². The van der Waals surface area contributed by atoms with Crippen LogP contribution in [0.2, 0.25) is 0 Å². The molecule has 2 aliphatic carbocycles. The molecule has 3 amide bonds. The second-order valence-corrected chi connectivity index (χ2v) is 16.9. The summed E-state index contributed by atoms with van der Waals surface area (Å²) in [4.78, 5) is 68.4. The van der Waals surface area contributed by atoms with E-state index in [0.717, 1.165) is 31.2 Å². The molecule has 52 heavy (non-hydrogen) atoms. The Hall–Kier alpha value is -4.45. The third kappa shape index (κ3) is 7.67. The van der Waals surface area contributed by atoms with Crippen LogP contribution in [0, 0.1) is 11.3 Å². The Morgan fingerprint density at radius 3 is 2.40 bits per heavy atom. The minimum absolute atomic E-state index is 0.0115. The summed E-state index contributed by atoms with van der Waals surface area (Å²) in [6.45, 7) is 9.03. The van der Waals surface area contributed by atoms with Crippen molar-refractivity contribution in [2.45, 2.75) is 88.9 Å². The van der Waals surface area contributed by atoms with Gasteiger partial charge in [-0.25, -0.2) is 9.78 Å². The largest absolute Gasteiger partial charge is 0.497 e. The molecule has 5 atom stereocenters. The number of methoxy groups -OCH3 is 1. The third-order valence-corrected chi connectivity index (χ3v) is 11.9. The van der Waals surface area contributed by atoms with Gasteiger partial charge in [-0.2, -0.15) is 0 Å². The van der Waals surface area contributed by atoms with E-state index in [4.69, 9.17) is 19.2 Å². The smallest absolute Gasteiger partial charge is 0.408 e. The van der Waals surface area contributed by atoms with Crippen molar-refractivity contribution >= 4 is 36.4 Å². The lowest BCUT2D eigenvalue weighted by Crippen LogP contribution is -2.58. The monoisotopic (exact) mass is 734 g/mol. The average Bonchev–Trinajstić information content (AvgIpc) is 3.37. The first kappa shape index (κ1) is 37.3. The lowest BCUT2D eigenvalue weighted by molar-refractivity contribution is -0.142.